The number of Topliss-reactive ketones (excluding diaryl/α,β-unsaturated/α-hetero) is 1. The maximum Gasteiger partial charge on any atom is 0.137 e. The molecule has 0 aliphatic carbocycles. The third kappa shape index (κ3) is 2.91. The number of hydrogen-bond acceptors (Lipinski definition) is 2. The van der Waals surface area contributed by atoms with Gasteiger partial charge in [-0.3, -0.25) is 9.48 Å². The molecule has 0 saturated heterocycles. The summed E-state index contributed by atoms with van der Waals surface area (Å²) in [5.74, 6) is 0.330. The van der Waals surface area contributed by atoms with Crippen LogP contribution in [0.15, 0.2) is 0 Å². The Morgan fingerprint density at radius 2 is 2.07 bits per heavy atom. The molecular formula is C12H20N2O. The van der Waals surface area contributed by atoms with Gasteiger partial charge in [0.2, 0.25) is 0 Å². The Bertz CT molecular complexity index is 353. The minimum atomic E-state index is 0.330. The van der Waals surface area contributed by atoms with E-state index in [4.69, 9.17) is 0 Å². The second-order valence-corrected chi connectivity index (χ2v) is 4.09. The summed E-state index contributed by atoms with van der Waals surface area (Å²) >= 11 is 0. The first-order valence-electron chi connectivity index (χ1n) is 5.57. The number of ketones is 1. The number of aromatic nitrogens is 2. The van der Waals surface area contributed by atoms with Gasteiger partial charge in [-0.25, -0.2) is 0 Å². The van der Waals surface area contributed by atoms with Crippen molar-refractivity contribution in [1.29, 1.82) is 0 Å². The highest BCUT2D eigenvalue weighted by molar-refractivity contribution is 5.81. The zero-order valence-electron chi connectivity index (χ0n) is 10.1. The van der Waals surface area contributed by atoms with Crippen molar-refractivity contribution in [2.75, 3.05) is 0 Å². The molecular weight excluding hydrogens is 188 g/mol. The van der Waals surface area contributed by atoms with Gasteiger partial charge in [0.15, 0.2) is 0 Å². The summed E-state index contributed by atoms with van der Waals surface area (Å²) in [6.45, 7) is 6.09. The third-order valence-corrected chi connectivity index (χ3v) is 2.84. The highest BCUT2D eigenvalue weighted by atomic mass is 16.1. The van der Waals surface area contributed by atoms with Crippen LogP contribution < -0.4 is 0 Å². The molecule has 3 nitrogen and oxygen atoms in total. The van der Waals surface area contributed by atoms with Crippen molar-refractivity contribution in [2.45, 2.75) is 46.5 Å². The molecule has 0 aliphatic rings. The average Bonchev–Trinajstić information content (AvgIpc) is 2.42. The molecule has 0 spiro atoms. The Morgan fingerprint density at radius 1 is 1.40 bits per heavy atom. The Kier molecular flexibility index (Phi) is 4.06. The predicted octanol–water partition coefficient (Wildman–Crippen LogP) is 2.34. The minimum Gasteiger partial charge on any atom is -0.299 e. The average molecular weight is 208 g/mol. The van der Waals surface area contributed by atoms with Crippen molar-refractivity contribution < 1.29 is 4.79 Å². The summed E-state index contributed by atoms with van der Waals surface area (Å²) in [5, 5.41) is 4.31. The highest BCUT2D eigenvalue weighted by Crippen LogP contribution is 2.14. The van der Waals surface area contributed by atoms with E-state index < -0.39 is 0 Å². The first-order chi connectivity index (χ1) is 7.06. The number of unbranched alkanes of at least 4 members (excludes halogenated alkanes) is 1. The number of carbonyl (C=O) groups excluding carboxylic acids is 1. The normalized spacial score (nSPS) is 10.7. The fourth-order valence-corrected chi connectivity index (χ4v) is 1.73. The van der Waals surface area contributed by atoms with Crippen LogP contribution in [0.4, 0.5) is 0 Å². The lowest BCUT2D eigenvalue weighted by Crippen LogP contribution is -2.04. The van der Waals surface area contributed by atoms with Crippen molar-refractivity contribution >= 4 is 5.78 Å². The van der Waals surface area contributed by atoms with Crippen LogP contribution in [0.5, 0.6) is 0 Å². The van der Waals surface area contributed by atoms with E-state index in [2.05, 4.69) is 12.0 Å². The molecule has 0 amide bonds. The molecule has 1 heterocycles. The second kappa shape index (κ2) is 5.10. The van der Waals surface area contributed by atoms with Gasteiger partial charge in [-0.05, 0) is 20.3 Å². The lowest BCUT2D eigenvalue weighted by atomic mass is 10.0. The Hall–Kier alpha value is -1.12. The van der Waals surface area contributed by atoms with Gasteiger partial charge in [0.05, 0.1) is 5.69 Å². The smallest absolute Gasteiger partial charge is 0.137 e. The van der Waals surface area contributed by atoms with Gasteiger partial charge >= 0.3 is 0 Å². The van der Waals surface area contributed by atoms with Crippen molar-refractivity contribution in [3.05, 3.63) is 17.0 Å². The van der Waals surface area contributed by atoms with E-state index in [0.29, 0.717) is 18.6 Å². The Labute approximate surface area is 91.5 Å². The van der Waals surface area contributed by atoms with Gasteiger partial charge in [-0.15, -0.1) is 0 Å². The van der Waals surface area contributed by atoms with Crippen molar-refractivity contribution in [2.24, 2.45) is 7.05 Å². The largest absolute Gasteiger partial charge is 0.299 e. The lowest BCUT2D eigenvalue weighted by molar-refractivity contribution is -0.118. The van der Waals surface area contributed by atoms with Gasteiger partial charge in [0.1, 0.15) is 5.78 Å². The number of nitrogens with zero attached hydrogens (tertiary/aromatic N) is 2. The molecule has 0 unspecified atom stereocenters. The Morgan fingerprint density at radius 3 is 2.53 bits per heavy atom. The standard InChI is InChI=1S/C12H20N2O/c1-5-6-7-11(15)8-12-9(2)13-14(4)10(12)3/h5-8H2,1-4H3. The first kappa shape index (κ1) is 12.0. The van der Waals surface area contributed by atoms with Crippen LogP contribution in [0.1, 0.15) is 43.1 Å². The summed E-state index contributed by atoms with van der Waals surface area (Å²) in [5.41, 5.74) is 3.20. The maximum absolute atomic E-state index is 11.6. The fourth-order valence-electron chi connectivity index (χ4n) is 1.73. The number of rotatable bonds is 5. The molecule has 0 fully saturated rings. The van der Waals surface area contributed by atoms with E-state index in [1.54, 1.807) is 0 Å². The summed E-state index contributed by atoms with van der Waals surface area (Å²) in [4.78, 5) is 11.6. The predicted molar refractivity (Wildman–Crippen MR) is 60.9 cm³/mol. The van der Waals surface area contributed by atoms with Crippen LogP contribution in [0.25, 0.3) is 0 Å². The molecule has 0 aromatic carbocycles. The monoisotopic (exact) mass is 208 g/mol. The molecule has 3 heteroatoms. The van der Waals surface area contributed by atoms with Crippen LogP contribution in [0, 0.1) is 13.8 Å². The van der Waals surface area contributed by atoms with Crippen LogP contribution in [-0.4, -0.2) is 15.6 Å². The quantitative estimate of drug-likeness (QED) is 0.744. The molecule has 1 rings (SSSR count). The summed E-state index contributed by atoms with van der Waals surface area (Å²) in [6.07, 6.45) is 3.32. The van der Waals surface area contributed by atoms with Crippen LogP contribution in [0.3, 0.4) is 0 Å². The van der Waals surface area contributed by atoms with Gasteiger partial charge in [0.25, 0.3) is 0 Å². The molecule has 84 valence electrons. The van der Waals surface area contributed by atoms with E-state index in [1.807, 2.05) is 25.6 Å². The lowest BCUT2D eigenvalue weighted by Gasteiger charge is -2.01. The Balaban J connectivity index is 2.68. The molecule has 0 aliphatic heterocycles. The highest BCUT2D eigenvalue weighted by Gasteiger charge is 2.12. The van der Waals surface area contributed by atoms with Crippen LogP contribution in [-0.2, 0) is 18.3 Å². The van der Waals surface area contributed by atoms with E-state index in [9.17, 15) is 4.79 Å². The topological polar surface area (TPSA) is 34.9 Å². The van der Waals surface area contributed by atoms with Crippen LogP contribution >= 0.6 is 0 Å². The van der Waals surface area contributed by atoms with E-state index in [1.165, 1.54) is 0 Å². The number of aryl methyl sites for hydroxylation is 2. The van der Waals surface area contributed by atoms with E-state index >= 15 is 0 Å². The third-order valence-electron chi connectivity index (χ3n) is 2.84. The van der Waals surface area contributed by atoms with Gasteiger partial charge in [-0.2, -0.15) is 5.10 Å². The molecule has 0 bridgehead atoms. The fraction of sp³-hybridized carbons (Fsp3) is 0.667. The summed E-state index contributed by atoms with van der Waals surface area (Å²) in [7, 11) is 1.92. The second-order valence-electron chi connectivity index (χ2n) is 4.09. The van der Waals surface area contributed by atoms with Crippen molar-refractivity contribution in [3.63, 3.8) is 0 Å². The molecule has 0 N–H and O–H groups in total. The number of hydrogen-bond donors (Lipinski definition) is 0. The molecule has 0 saturated carbocycles. The van der Waals surface area contributed by atoms with Crippen molar-refractivity contribution in [1.82, 2.24) is 9.78 Å². The van der Waals surface area contributed by atoms with Crippen molar-refractivity contribution in [3.8, 4) is 0 Å². The molecule has 0 atom stereocenters. The van der Waals surface area contributed by atoms with E-state index in [0.717, 1.165) is 29.8 Å². The molecule has 15 heavy (non-hydrogen) atoms. The number of carbonyl (C=O) groups is 1. The molecule has 0 radical (unpaired) electrons. The van der Waals surface area contributed by atoms with E-state index in [-0.39, 0.29) is 0 Å². The maximum atomic E-state index is 11.6. The zero-order valence-corrected chi connectivity index (χ0v) is 10.1. The van der Waals surface area contributed by atoms with Gasteiger partial charge in [-0.1, -0.05) is 13.3 Å². The first-order valence-corrected chi connectivity index (χ1v) is 5.57. The van der Waals surface area contributed by atoms with Gasteiger partial charge in [0, 0.05) is 31.1 Å². The molecule has 1 aromatic rings. The van der Waals surface area contributed by atoms with Crippen LogP contribution in [0.2, 0.25) is 0 Å². The summed E-state index contributed by atoms with van der Waals surface area (Å²) < 4.78 is 1.85. The zero-order chi connectivity index (χ0) is 11.4. The van der Waals surface area contributed by atoms with Gasteiger partial charge < -0.3 is 0 Å². The molecule has 1 aromatic heterocycles. The SMILES string of the molecule is CCCCC(=O)Cc1c(C)nn(C)c1C. The minimum absolute atomic E-state index is 0.330. The summed E-state index contributed by atoms with van der Waals surface area (Å²) in [6, 6.07) is 0.